The van der Waals surface area contributed by atoms with Crippen LogP contribution < -0.4 is 12.9 Å². The van der Waals surface area contributed by atoms with Crippen LogP contribution in [0.25, 0.3) is 0 Å². The summed E-state index contributed by atoms with van der Waals surface area (Å²) < 4.78 is 3.52. The molecule has 0 unspecified atom stereocenters. The van der Waals surface area contributed by atoms with Gasteiger partial charge in [-0.3, -0.25) is 0 Å². The number of carbonyl (C=O) groups is 1. The molecule has 2 rings (SSSR count). The van der Waals surface area contributed by atoms with Crippen LogP contribution in [-0.4, -0.2) is 22.1 Å². The van der Waals surface area contributed by atoms with Crippen LogP contribution in [-0.2, 0) is 4.79 Å². The first-order valence-corrected chi connectivity index (χ1v) is 17.5. The van der Waals surface area contributed by atoms with Gasteiger partial charge in [0.05, 0.1) is 0 Å². The molecule has 19 heavy (non-hydrogen) atoms. The third kappa shape index (κ3) is 3.60. The Morgan fingerprint density at radius 1 is 0.947 bits per heavy atom. The van der Waals surface area contributed by atoms with E-state index in [0.29, 0.717) is 6.42 Å². The summed E-state index contributed by atoms with van der Waals surface area (Å²) in [5.41, 5.74) is 5.33. The number of hydrogen-bond acceptors (Lipinski definition) is 1. The molecular weight excluding hydrogens is 409 g/mol. The second-order valence-corrected chi connectivity index (χ2v) is 22.9. The normalized spacial score (nSPS) is 11.2. The maximum atomic E-state index is 11.1. The minimum atomic E-state index is -2.91. The second kappa shape index (κ2) is 6.57. The van der Waals surface area contributed by atoms with Gasteiger partial charge in [-0.1, -0.05) is 0 Å². The Morgan fingerprint density at radius 2 is 1.37 bits per heavy atom. The van der Waals surface area contributed by atoms with Crippen molar-refractivity contribution in [3.63, 3.8) is 0 Å². The zero-order chi connectivity index (χ0) is 13.7. The molecular formula is C15H16BrNOSn. The molecule has 4 heteroatoms. The summed E-state index contributed by atoms with van der Waals surface area (Å²) in [6.45, 7) is 0. The van der Waals surface area contributed by atoms with Gasteiger partial charge in [0.1, 0.15) is 0 Å². The predicted molar refractivity (Wildman–Crippen MR) is 85.5 cm³/mol. The molecule has 2 aromatic rings. The Bertz CT molecular complexity index is 505. The monoisotopic (exact) mass is 425 g/mol. The van der Waals surface area contributed by atoms with Crippen LogP contribution in [0, 0.1) is 0 Å². The van der Waals surface area contributed by atoms with Gasteiger partial charge >= 0.3 is 124 Å². The molecule has 0 aliphatic carbocycles. The summed E-state index contributed by atoms with van der Waals surface area (Å²) in [6.07, 6.45) is 0.436. The van der Waals surface area contributed by atoms with Gasteiger partial charge < -0.3 is 0 Å². The molecule has 0 spiro atoms. The van der Waals surface area contributed by atoms with Gasteiger partial charge in [-0.05, 0) is 0 Å². The van der Waals surface area contributed by atoms with Crippen LogP contribution >= 0.6 is 12.7 Å². The molecule has 0 aliphatic rings. The minimum absolute atomic E-state index is 0.229. The Balaban J connectivity index is 2.41. The van der Waals surface area contributed by atoms with Crippen molar-refractivity contribution in [2.45, 2.75) is 10.9 Å². The van der Waals surface area contributed by atoms with Crippen LogP contribution in [0.4, 0.5) is 0 Å². The fourth-order valence-corrected chi connectivity index (χ4v) is 15.4. The first-order valence-electron chi connectivity index (χ1n) is 6.21. The fraction of sp³-hybridized carbons (Fsp3) is 0.133. The molecule has 2 nitrogen and oxygen atoms in total. The van der Waals surface area contributed by atoms with Crippen LogP contribution in [0.15, 0.2) is 60.7 Å². The van der Waals surface area contributed by atoms with E-state index in [4.69, 9.17) is 5.73 Å². The van der Waals surface area contributed by atoms with Crippen LogP contribution in [0.1, 0.15) is 6.42 Å². The summed E-state index contributed by atoms with van der Waals surface area (Å²) in [5, 5.41) is 0. The summed E-state index contributed by atoms with van der Waals surface area (Å²) >= 11 is 1.12. The quantitative estimate of drug-likeness (QED) is 0.733. The van der Waals surface area contributed by atoms with Crippen molar-refractivity contribution in [1.82, 2.24) is 0 Å². The second-order valence-electron chi connectivity index (χ2n) is 4.50. The standard InChI is InChI=1S/2C6H5.C3H6NO.BrH.Sn/c2*1-2-4-6-5-3-1;1-2-3(4)5;;/h2*1-5H;1-2H2,(H2,4,5);1H;/q;;;;+1/p-1. The molecule has 0 saturated heterocycles. The molecule has 0 aromatic heterocycles. The van der Waals surface area contributed by atoms with Crippen molar-refractivity contribution in [2.24, 2.45) is 5.73 Å². The number of halogens is 1. The van der Waals surface area contributed by atoms with Crippen LogP contribution in [0.2, 0.25) is 4.44 Å². The van der Waals surface area contributed by atoms with E-state index >= 15 is 0 Å². The van der Waals surface area contributed by atoms with Gasteiger partial charge in [-0.15, -0.1) is 0 Å². The van der Waals surface area contributed by atoms with E-state index in [-0.39, 0.29) is 5.91 Å². The number of amides is 1. The average Bonchev–Trinajstić information content (AvgIpc) is 2.46. The van der Waals surface area contributed by atoms with E-state index in [9.17, 15) is 4.79 Å². The van der Waals surface area contributed by atoms with Crippen molar-refractivity contribution in [2.75, 3.05) is 0 Å². The number of hydrogen-bond donors (Lipinski definition) is 1. The average molecular weight is 425 g/mol. The Labute approximate surface area is 123 Å². The summed E-state index contributed by atoms with van der Waals surface area (Å²) in [6, 6.07) is 20.8. The Kier molecular flexibility index (Phi) is 5.05. The maximum absolute atomic E-state index is 11.1. The molecule has 0 aliphatic heterocycles. The van der Waals surface area contributed by atoms with E-state index in [1.807, 2.05) is 12.1 Å². The topological polar surface area (TPSA) is 43.1 Å². The summed E-state index contributed by atoms with van der Waals surface area (Å²) in [4.78, 5) is 11.1. The number of primary amides is 1. The van der Waals surface area contributed by atoms with Crippen molar-refractivity contribution < 1.29 is 4.79 Å². The molecule has 0 saturated carbocycles. The van der Waals surface area contributed by atoms with Gasteiger partial charge in [0.15, 0.2) is 0 Å². The molecule has 2 N–H and O–H groups in total. The third-order valence-corrected chi connectivity index (χ3v) is 21.8. The summed E-state index contributed by atoms with van der Waals surface area (Å²) in [5.74, 6) is -0.229. The molecule has 0 fully saturated rings. The third-order valence-electron chi connectivity index (χ3n) is 3.18. The summed E-state index contributed by atoms with van der Waals surface area (Å²) in [7, 11) is 0. The van der Waals surface area contributed by atoms with E-state index in [1.165, 1.54) is 7.16 Å². The van der Waals surface area contributed by atoms with Crippen LogP contribution in [0.3, 0.4) is 0 Å². The van der Waals surface area contributed by atoms with Gasteiger partial charge in [-0.25, -0.2) is 0 Å². The van der Waals surface area contributed by atoms with Gasteiger partial charge in [0.2, 0.25) is 0 Å². The molecule has 2 aromatic carbocycles. The molecule has 1 amide bonds. The van der Waals surface area contributed by atoms with E-state index in [2.05, 4.69) is 61.2 Å². The van der Waals surface area contributed by atoms with Crippen molar-refractivity contribution in [3.05, 3.63) is 60.7 Å². The molecule has 0 atom stereocenters. The van der Waals surface area contributed by atoms with E-state index < -0.39 is 16.2 Å². The zero-order valence-electron chi connectivity index (χ0n) is 10.6. The van der Waals surface area contributed by atoms with Crippen LogP contribution in [0.5, 0.6) is 0 Å². The molecule has 0 radical (unpaired) electrons. The van der Waals surface area contributed by atoms with E-state index in [1.54, 1.807) is 0 Å². The number of carbonyl (C=O) groups excluding carboxylic acids is 1. The van der Waals surface area contributed by atoms with E-state index in [0.717, 1.165) is 4.44 Å². The number of rotatable bonds is 5. The molecule has 98 valence electrons. The molecule has 0 bridgehead atoms. The first kappa shape index (κ1) is 14.6. The number of benzene rings is 2. The Morgan fingerprint density at radius 3 is 1.74 bits per heavy atom. The first-order chi connectivity index (χ1) is 9.13. The van der Waals surface area contributed by atoms with Gasteiger partial charge in [0, 0.05) is 0 Å². The molecule has 0 heterocycles. The predicted octanol–water partition coefficient (Wildman–Crippen LogP) is 2.02. The van der Waals surface area contributed by atoms with Crippen molar-refractivity contribution in [1.29, 1.82) is 0 Å². The van der Waals surface area contributed by atoms with Crippen molar-refractivity contribution in [3.8, 4) is 0 Å². The van der Waals surface area contributed by atoms with Crippen molar-refractivity contribution >= 4 is 41.9 Å². The fourth-order valence-electron chi connectivity index (χ4n) is 2.16. The number of nitrogens with two attached hydrogens (primary N) is 1. The zero-order valence-corrected chi connectivity index (χ0v) is 15.0. The Hall–Kier alpha value is -0.811. The van der Waals surface area contributed by atoms with Gasteiger partial charge in [0.25, 0.3) is 0 Å². The van der Waals surface area contributed by atoms with Gasteiger partial charge in [-0.2, -0.15) is 0 Å². The SMILES string of the molecule is NC(=O)C[CH2][Sn]([Br])([c]1ccccc1)[c]1ccccc1.